The molecule has 0 bridgehead atoms. The summed E-state index contributed by atoms with van der Waals surface area (Å²) < 4.78 is 25.3. The molecule has 0 aliphatic rings. The van der Waals surface area contributed by atoms with Crippen LogP contribution in [0.25, 0.3) is 11.0 Å². The van der Waals surface area contributed by atoms with Crippen LogP contribution in [0.2, 0.25) is 0 Å². The molecule has 0 unspecified atom stereocenters. The summed E-state index contributed by atoms with van der Waals surface area (Å²) in [6.45, 7) is 0. The number of nitrogens with one attached hydrogen (secondary N) is 2. The Morgan fingerprint density at radius 1 is 1.10 bits per heavy atom. The third-order valence-electron chi connectivity index (χ3n) is 3.80. The van der Waals surface area contributed by atoms with Crippen molar-refractivity contribution in [2.75, 3.05) is 10.6 Å². The van der Waals surface area contributed by atoms with Gasteiger partial charge in [-0.15, -0.1) is 0 Å². The van der Waals surface area contributed by atoms with Gasteiger partial charge in [-0.05, 0) is 18.2 Å². The zero-order valence-corrected chi connectivity index (χ0v) is 14.8. The van der Waals surface area contributed by atoms with E-state index >= 15 is 0 Å². The number of nitrogens with two attached hydrogens (primary N) is 2. The quantitative estimate of drug-likeness (QED) is 0.437. The summed E-state index contributed by atoms with van der Waals surface area (Å²) >= 11 is 0. The number of rotatable bonds is 8. The Morgan fingerprint density at radius 2 is 1.90 bits per heavy atom. The molecule has 0 aromatic carbocycles. The summed E-state index contributed by atoms with van der Waals surface area (Å²) in [7, 11) is 0. The molecule has 6 N–H and O–H groups in total. The number of hydrogen-bond donors (Lipinski definition) is 4. The molecule has 3 aromatic rings. The lowest BCUT2D eigenvalue weighted by Gasteiger charge is -2.17. The van der Waals surface area contributed by atoms with Crippen LogP contribution < -0.4 is 22.1 Å². The van der Waals surface area contributed by atoms with E-state index in [-0.39, 0.29) is 17.3 Å². The van der Waals surface area contributed by atoms with E-state index in [1.807, 2.05) is 0 Å². The van der Waals surface area contributed by atoms with Crippen molar-refractivity contribution in [2.45, 2.75) is 18.9 Å². The van der Waals surface area contributed by atoms with Crippen molar-refractivity contribution in [2.24, 2.45) is 11.5 Å². The van der Waals surface area contributed by atoms with Gasteiger partial charge in [-0.1, -0.05) is 0 Å². The molecule has 0 spiro atoms. The van der Waals surface area contributed by atoms with E-state index in [0.29, 0.717) is 16.7 Å². The zero-order chi connectivity index (χ0) is 21.0. The zero-order valence-electron chi connectivity index (χ0n) is 14.8. The lowest BCUT2D eigenvalue weighted by Crippen LogP contribution is -2.37. The first-order valence-electron chi connectivity index (χ1n) is 8.32. The Bertz CT molecular complexity index is 1060. The van der Waals surface area contributed by atoms with Gasteiger partial charge >= 0.3 is 0 Å². The largest absolute Gasteiger partial charge is 0.368 e. The number of anilines is 3. The molecule has 0 saturated heterocycles. The van der Waals surface area contributed by atoms with Crippen LogP contribution >= 0.6 is 0 Å². The van der Waals surface area contributed by atoms with Gasteiger partial charge in [0.15, 0.2) is 11.5 Å². The number of hydrogen-bond acceptors (Lipinski definition) is 8. The minimum Gasteiger partial charge on any atom is -0.368 e. The van der Waals surface area contributed by atoms with E-state index in [4.69, 9.17) is 11.5 Å². The second-order valence-electron chi connectivity index (χ2n) is 5.93. The molecule has 0 radical (unpaired) electrons. The van der Waals surface area contributed by atoms with Crippen molar-refractivity contribution in [3.05, 3.63) is 42.5 Å². The number of pyridine rings is 2. The summed E-state index contributed by atoms with van der Waals surface area (Å²) in [5.74, 6) is -1.95. The van der Waals surface area contributed by atoms with Crippen LogP contribution in [0.3, 0.4) is 0 Å². The van der Waals surface area contributed by atoms with Crippen molar-refractivity contribution < 1.29 is 18.4 Å². The van der Waals surface area contributed by atoms with E-state index in [1.165, 1.54) is 6.20 Å². The standard InChI is InChI=1S/C17H16F2N8O2/c18-12(19)5-11(15(20)28)26-13-7-24-14(16(21)29)17(27-13)25-8-4-10-9(23-6-8)2-1-3-22-10/h1-4,6-7,11-12H,5H2,(H2,20,28)(H2,21,29)(H2,25,26,27)/t11-/m1/s1. The van der Waals surface area contributed by atoms with Gasteiger partial charge in [-0.2, -0.15) is 0 Å². The molecule has 2 amide bonds. The summed E-state index contributed by atoms with van der Waals surface area (Å²) in [6, 6.07) is 3.81. The SMILES string of the molecule is NC(=O)c1ncc(N[C@H](CC(F)F)C(N)=O)nc1Nc1cnc2cccnc2c1. The normalized spacial score (nSPS) is 12.0. The average molecular weight is 402 g/mol. The molecule has 29 heavy (non-hydrogen) atoms. The molecule has 1 atom stereocenters. The highest BCUT2D eigenvalue weighted by Gasteiger charge is 2.22. The number of fused-ring (bicyclic) bond motifs is 1. The molecule has 3 rings (SSSR count). The second-order valence-corrected chi connectivity index (χ2v) is 5.93. The Hall–Kier alpha value is -3.96. The molecule has 10 nitrogen and oxygen atoms in total. The monoisotopic (exact) mass is 402 g/mol. The Labute approximate surface area is 162 Å². The molecule has 0 aliphatic heterocycles. The molecule has 150 valence electrons. The molecule has 3 heterocycles. The van der Waals surface area contributed by atoms with Gasteiger partial charge in [0.05, 0.1) is 29.1 Å². The first kappa shape index (κ1) is 19.8. The highest BCUT2D eigenvalue weighted by atomic mass is 19.3. The number of primary amides is 2. The highest BCUT2D eigenvalue weighted by Crippen LogP contribution is 2.22. The number of aromatic nitrogens is 4. The van der Waals surface area contributed by atoms with E-state index in [9.17, 15) is 18.4 Å². The first-order valence-corrected chi connectivity index (χ1v) is 8.32. The van der Waals surface area contributed by atoms with Crippen LogP contribution in [0.15, 0.2) is 36.8 Å². The second kappa shape index (κ2) is 8.37. The van der Waals surface area contributed by atoms with Crippen LogP contribution in [0, 0.1) is 0 Å². The molecular weight excluding hydrogens is 386 g/mol. The Morgan fingerprint density at radius 3 is 2.59 bits per heavy atom. The Kier molecular flexibility index (Phi) is 5.71. The van der Waals surface area contributed by atoms with E-state index < -0.39 is 30.7 Å². The van der Waals surface area contributed by atoms with Crippen molar-refractivity contribution in [1.29, 1.82) is 0 Å². The third kappa shape index (κ3) is 4.86. The predicted octanol–water partition coefficient (Wildman–Crippen LogP) is 1.18. The smallest absolute Gasteiger partial charge is 0.271 e. The Balaban J connectivity index is 1.91. The van der Waals surface area contributed by atoms with E-state index in [2.05, 4.69) is 30.6 Å². The molecular formula is C17H16F2N8O2. The maximum atomic E-state index is 12.6. The maximum Gasteiger partial charge on any atom is 0.271 e. The van der Waals surface area contributed by atoms with Crippen LogP contribution in [-0.4, -0.2) is 44.2 Å². The van der Waals surface area contributed by atoms with Gasteiger partial charge in [0.1, 0.15) is 11.9 Å². The third-order valence-corrected chi connectivity index (χ3v) is 3.80. The van der Waals surface area contributed by atoms with E-state index in [0.717, 1.165) is 6.20 Å². The van der Waals surface area contributed by atoms with Crippen LogP contribution in [0.4, 0.5) is 26.1 Å². The summed E-state index contributed by atoms with van der Waals surface area (Å²) in [4.78, 5) is 39.5. The van der Waals surface area contributed by atoms with Gasteiger partial charge in [-0.25, -0.2) is 18.7 Å². The topological polar surface area (TPSA) is 162 Å². The van der Waals surface area contributed by atoms with Crippen molar-refractivity contribution >= 4 is 40.2 Å². The molecule has 3 aromatic heterocycles. The predicted molar refractivity (Wildman–Crippen MR) is 101 cm³/mol. The summed E-state index contributed by atoms with van der Waals surface area (Å²) in [5, 5.41) is 5.33. The number of amides is 2. The number of halogens is 2. The summed E-state index contributed by atoms with van der Waals surface area (Å²) in [6.07, 6.45) is 0.607. The lowest BCUT2D eigenvalue weighted by molar-refractivity contribution is -0.119. The fourth-order valence-electron chi connectivity index (χ4n) is 2.49. The van der Waals surface area contributed by atoms with Crippen molar-refractivity contribution in [1.82, 2.24) is 19.9 Å². The van der Waals surface area contributed by atoms with Crippen LogP contribution in [-0.2, 0) is 4.79 Å². The van der Waals surface area contributed by atoms with E-state index in [1.54, 1.807) is 24.4 Å². The molecule has 0 fully saturated rings. The van der Waals surface area contributed by atoms with Crippen LogP contribution in [0.5, 0.6) is 0 Å². The number of nitrogens with zero attached hydrogens (tertiary/aromatic N) is 4. The fraction of sp³-hybridized carbons (Fsp3) is 0.176. The number of carbonyl (C=O) groups excluding carboxylic acids is 2. The van der Waals surface area contributed by atoms with Gasteiger partial charge < -0.3 is 22.1 Å². The minimum atomic E-state index is -2.76. The maximum absolute atomic E-state index is 12.6. The number of alkyl halides is 2. The minimum absolute atomic E-state index is 0.0474. The summed E-state index contributed by atoms with van der Waals surface area (Å²) in [5.41, 5.74) is 11.9. The van der Waals surface area contributed by atoms with Crippen LogP contribution in [0.1, 0.15) is 16.9 Å². The van der Waals surface area contributed by atoms with Crippen molar-refractivity contribution in [3.63, 3.8) is 0 Å². The molecule has 12 heteroatoms. The van der Waals surface area contributed by atoms with Gasteiger partial charge in [-0.3, -0.25) is 19.6 Å². The average Bonchev–Trinajstić information content (AvgIpc) is 2.67. The van der Waals surface area contributed by atoms with Gasteiger partial charge in [0.25, 0.3) is 5.91 Å². The fourth-order valence-corrected chi connectivity index (χ4v) is 2.49. The number of carbonyl (C=O) groups is 2. The van der Waals surface area contributed by atoms with Gasteiger partial charge in [0, 0.05) is 12.6 Å². The molecule has 0 saturated carbocycles. The highest BCUT2D eigenvalue weighted by molar-refractivity contribution is 5.96. The molecule has 0 aliphatic carbocycles. The van der Waals surface area contributed by atoms with Crippen molar-refractivity contribution in [3.8, 4) is 0 Å². The lowest BCUT2D eigenvalue weighted by atomic mass is 10.2. The van der Waals surface area contributed by atoms with Gasteiger partial charge in [0.2, 0.25) is 12.3 Å². The first-order chi connectivity index (χ1) is 13.8.